The zero-order chi connectivity index (χ0) is 9.97. The summed E-state index contributed by atoms with van der Waals surface area (Å²) >= 11 is 0. The van der Waals surface area contributed by atoms with Gasteiger partial charge >= 0.3 is 0 Å². The minimum absolute atomic E-state index is 0.0803. The van der Waals surface area contributed by atoms with Crippen LogP contribution >= 0.6 is 0 Å². The van der Waals surface area contributed by atoms with Crippen molar-refractivity contribution in [2.24, 2.45) is 5.11 Å². The first-order chi connectivity index (χ1) is 6.86. The molecule has 0 amide bonds. The van der Waals surface area contributed by atoms with Crippen molar-refractivity contribution in [2.75, 3.05) is 0 Å². The molecule has 0 N–H and O–H groups in total. The second kappa shape index (κ2) is 3.41. The van der Waals surface area contributed by atoms with E-state index in [0.29, 0.717) is 5.56 Å². The van der Waals surface area contributed by atoms with Gasteiger partial charge in [-0.15, -0.1) is 0 Å². The maximum atomic E-state index is 8.86. The standard InChI is InChI=1S/C10H8N4/c11-6-7-2-1-3-9-8(7)4-5-10(9)13-14-12/h1-3,10H,4-5H2/t10-/m0/s1. The molecule has 4 heteroatoms. The molecular formula is C10H8N4. The van der Waals surface area contributed by atoms with Crippen LogP contribution in [0.15, 0.2) is 23.3 Å². The van der Waals surface area contributed by atoms with Gasteiger partial charge in [0.1, 0.15) is 0 Å². The van der Waals surface area contributed by atoms with E-state index in [2.05, 4.69) is 16.1 Å². The van der Waals surface area contributed by atoms with E-state index >= 15 is 0 Å². The lowest BCUT2D eigenvalue weighted by atomic mass is 10.0. The average molecular weight is 184 g/mol. The summed E-state index contributed by atoms with van der Waals surface area (Å²) in [5.74, 6) is 0. The smallest absolute Gasteiger partial charge is 0.0994 e. The number of rotatable bonds is 1. The highest BCUT2D eigenvalue weighted by atomic mass is 15.1. The highest BCUT2D eigenvalue weighted by Gasteiger charge is 2.23. The quantitative estimate of drug-likeness (QED) is 0.375. The molecule has 1 aromatic rings. The Hall–Kier alpha value is -1.98. The zero-order valence-electron chi connectivity index (χ0n) is 7.51. The molecule has 0 fully saturated rings. The van der Waals surface area contributed by atoms with Gasteiger partial charge in [-0.25, -0.2) is 0 Å². The number of fused-ring (bicyclic) bond motifs is 1. The second-order valence-corrected chi connectivity index (χ2v) is 3.24. The minimum atomic E-state index is -0.0803. The number of hydrogen-bond acceptors (Lipinski definition) is 2. The van der Waals surface area contributed by atoms with Gasteiger partial charge in [0.2, 0.25) is 0 Å². The summed E-state index contributed by atoms with van der Waals surface area (Å²) in [6.45, 7) is 0. The highest BCUT2D eigenvalue weighted by Crippen LogP contribution is 2.35. The number of nitrogens with zero attached hydrogens (tertiary/aromatic N) is 4. The Balaban J connectivity index is 2.52. The lowest BCUT2D eigenvalue weighted by molar-refractivity contribution is 0.707. The van der Waals surface area contributed by atoms with Gasteiger partial charge in [0.15, 0.2) is 0 Å². The summed E-state index contributed by atoms with van der Waals surface area (Å²) in [5, 5.41) is 12.6. The van der Waals surface area contributed by atoms with E-state index in [-0.39, 0.29) is 6.04 Å². The van der Waals surface area contributed by atoms with E-state index in [0.717, 1.165) is 24.0 Å². The van der Waals surface area contributed by atoms with Gasteiger partial charge in [-0.05, 0) is 35.6 Å². The Labute approximate surface area is 81.4 Å². The molecular weight excluding hydrogens is 176 g/mol. The van der Waals surface area contributed by atoms with Gasteiger partial charge in [-0.3, -0.25) is 0 Å². The third-order valence-electron chi connectivity index (χ3n) is 2.55. The van der Waals surface area contributed by atoms with E-state index in [1.807, 2.05) is 12.1 Å². The molecule has 1 atom stereocenters. The molecule has 2 rings (SSSR count). The van der Waals surface area contributed by atoms with Crippen LogP contribution in [0.4, 0.5) is 0 Å². The Morgan fingerprint density at radius 2 is 2.43 bits per heavy atom. The Kier molecular flexibility index (Phi) is 2.10. The van der Waals surface area contributed by atoms with E-state index in [9.17, 15) is 0 Å². The van der Waals surface area contributed by atoms with E-state index < -0.39 is 0 Å². The van der Waals surface area contributed by atoms with Gasteiger partial charge in [-0.2, -0.15) is 5.26 Å². The normalized spacial score (nSPS) is 18.1. The molecule has 0 radical (unpaired) electrons. The number of benzene rings is 1. The SMILES string of the molecule is N#Cc1cccc2c1CC[C@@H]2N=[N+]=[N-]. The minimum Gasteiger partial charge on any atom is -0.192 e. The average Bonchev–Trinajstić information content (AvgIpc) is 2.62. The molecule has 0 aromatic heterocycles. The molecule has 1 aliphatic carbocycles. The fourth-order valence-corrected chi connectivity index (χ4v) is 1.92. The fraction of sp³-hybridized carbons (Fsp3) is 0.300. The van der Waals surface area contributed by atoms with Crippen LogP contribution < -0.4 is 0 Å². The number of azide groups is 1. The highest BCUT2D eigenvalue weighted by molar-refractivity contribution is 5.46. The van der Waals surface area contributed by atoms with Crippen LogP contribution in [0, 0.1) is 11.3 Å². The topological polar surface area (TPSA) is 72.5 Å². The van der Waals surface area contributed by atoms with Crippen LogP contribution in [0.3, 0.4) is 0 Å². The van der Waals surface area contributed by atoms with Crippen LogP contribution in [0.5, 0.6) is 0 Å². The molecule has 0 aliphatic heterocycles. The van der Waals surface area contributed by atoms with Gasteiger partial charge in [0.05, 0.1) is 17.7 Å². The molecule has 0 heterocycles. The third kappa shape index (κ3) is 1.20. The molecule has 4 nitrogen and oxygen atoms in total. The van der Waals surface area contributed by atoms with Crippen LogP contribution in [0.25, 0.3) is 10.4 Å². The molecule has 0 unspecified atom stereocenters. The monoisotopic (exact) mass is 184 g/mol. The summed E-state index contributed by atoms with van der Waals surface area (Å²) in [7, 11) is 0. The van der Waals surface area contributed by atoms with Gasteiger partial charge in [0.25, 0.3) is 0 Å². The number of hydrogen-bond donors (Lipinski definition) is 0. The van der Waals surface area contributed by atoms with Crippen molar-refractivity contribution >= 4 is 0 Å². The predicted molar refractivity (Wildman–Crippen MR) is 51.4 cm³/mol. The Morgan fingerprint density at radius 1 is 1.57 bits per heavy atom. The van der Waals surface area contributed by atoms with Crippen LogP contribution in [0.1, 0.15) is 29.2 Å². The zero-order valence-corrected chi connectivity index (χ0v) is 7.51. The second-order valence-electron chi connectivity index (χ2n) is 3.24. The van der Waals surface area contributed by atoms with E-state index in [4.69, 9.17) is 10.8 Å². The summed E-state index contributed by atoms with van der Waals surface area (Å²) in [5.41, 5.74) is 11.1. The maximum absolute atomic E-state index is 8.86. The van der Waals surface area contributed by atoms with Gasteiger partial charge in [-0.1, -0.05) is 17.2 Å². The van der Waals surface area contributed by atoms with E-state index in [1.54, 1.807) is 6.07 Å². The van der Waals surface area contributed by atoms with Crippen LogP contribution in [-0.4, -0.2) is 0 Å². The van der Waals surface area contributed by atoms with Crippen molar-refractivity contribution in [2.45, 2.75) is 18.9 Å². The molecule has 1 aliphatic rings. The molecule has 1 aromatic carbocycles. The lowest BCUT2D eigenvalue weighted by Crippen LogP contribution is -1.89. The van der Waals surface area contributed by atoms with E-state index in [1.165, 1.54) is 0 Å². The molecule has 14 heavy (non-hydrogen) atoms. The molecule has 0 saturated heterocycles. The maximum Gasteiger partial charge on any atom is 0.0994 e. The lowest BCUT2D eigenvalue weighted by Gasteiger charge is -2.03. The van der Waals surface area contributed by atoms with Gasteiger partial charge in [0, 0.05) is 4.91 Å². The van der Waals surface area contributed by atoms with Crippen molar-refractivity contribution in [3.8, 4) is 6.07 Å². The first kappa shape index (κ1) is 8.61. The fourth-order valence-electron chi connectivity index (χ4n) is 1.92. The first-order valence-electron chi connectivity index (χ1n) is 4.43. The molecule has 0 saturated carbocycles. The summed E-state index contributed by atoms with van der Waals surface area (Å²) < 4.78 is 0. The van der Waals surface area contributed by atoms with Crippen LogP contribution in [-0.2, 0) is 6.42 Å². The Morgan fingerprint density at radius 3 is 3.14 bits per heavy atom. The third-order valence-corrected chi connectivity index (χ3v) is 2.55. The summed E-state index contributed by atoms with van der Waals surface area (Å²) in [6.07, 6.45) is 1.65. The summed E-state index contributed by atoms with van der Waals surface area (Å²) in [4.78, 5) is 2.81. The number of nitriles is 1. The molecule has 0 spiro atoms. The summed E-state index contributed by atoms with van der Waals surface area (Å²) in [6, 6.07) is 7.65. The van der Waals surface area contributed by atoms with Gasteiger partial charge < -0.3 is 0 Å². The van der Waals surface area contributed by atoms with Crippen molar-refractivity contribution in [3.05, 3.63) is 45.3 Å². The van der Waals surface area contributed by atoms with Crippen molar-refractivity contribution in [1.29, 1.82) is 5.26 Å². The van der Waals surface area contributed by atoms with Crippen molar-refractivity contribution < 1.29 is 0 Å². The van der Waals surface area contributed by atoms with Crippen molar-refractivity contribution in [1.82, 2.24) is 0 Å². The van der Waals surface area contributed by atoms with Crippen LogP contribution in [0.2, 0.25) is 0 Å². The molecule has 0 bridgehead atoms. The largest absolute Gasteiger partial charge is 0.192 e. The Bertz CT molecular complexity index is 452. The first-order valence-corrected chi connectivity index (χ1v) is 4.43. The van der Waals surface area contributed by atoms with Crippen molar-refractivity contribution in [3.63, 3.8) is 0 Å². The molecule has 68 valence electrons. The predicted octanol–water partition coefficient (Wildman–Crippen LogP) is 2.86.